The summed E-state index contributed by atoms with van der Waals surface area (Å²) >= 11 is 0. The minimum Gasteiger partial charge on any atom is -0.341 e. The van der Waals surface area contributed by atoms with E-state index in [1.54, 1.807) is 11.8 Å². The van der Waals surface area contributed by atoms with E-state index in [-0.39, 0.29) is 12.5 Å². The van der Waals surface area contributed by atoms with Crippen molar-refractivity contribution in [2.75, 3.05) is 19.6 Å². The van der Waals surface area contributed by atoms with E-state index in [2.05, 4.69) is 33.0 Å². The monoisotopic (exact) mass is 419 g/mol. The minimum absolute atomic E-state index is 0.231. The lowest BCUT2D eigenvalue weighted by Gasteiger charge is -2.27. The first-order valence-electron chi connectivity index (χ1n) is 10.8. The normalized spacial score (nSPS) is 19.0. The van der Waals surface area contributed by atoms with Gasteiger partial charge in [-0.2, -0.15) is 0 Å². The molecule has 2 rings (SSSR count). The lowest BCUT2D eigenvalue weighted by molar-refractivity contribution is -0.139. The van der Waals surface area contributed by atoms with Crippen molar-refractivity contribution >= 4 is 17.8 Å². The molecule has 0 saturated carbocycles. The van der Waals surface area contributed by atoms with Gasteiger partial charge in [0, 0.05) is 13.1 Å². The molecule has 7 heteroatoms. The van der Waals surface area contributed by atoms with Crippen molar-refractivity contribution in [1.82, 2.24) is 15.1 Å². The highest BCUT2D eigenvalue weighted by atomic mass is 19.1. The number of benzene rings is 1. The maximum Gasteiger partial charge on any atom is 0.325 e. The largest absolute Gasteiger partial charge is 0.341 e. The van der Waals surface area contributed by atoms with Crippen molar-refractivity contribution in [1.29, 1.82) is 0 Å². The molecule has 1 N–H and O–H groups in total. The molecule has 166 valence electrons. The Morgan fingerprint density at radius 3 is 2.07 bits per heavy atom. The summed E-state index contributed by atoms with van der Waals surface area (Å²) in [5, 5.41) is 2.74. The van der Waals surface area contributed by atoms with Crippen LogP contribution in [-0.2, 0) is 15.1 Å². The van der Waals surface area contributed by atoms with Gasteiger partial charge in [-0.3, -0.25) is 14.5 Å². The first-order chi connectivity index (χ1) is 14.1. The van der Waals surface area contributed by atoms with Crippen LogP contribution in [0.5, 0.6) is 0 Å². The zero-order valence-corrected chi connectivity index (χ0v) is 18.7. The second-order valence-corrected chi connectivity index (χ2v) is 8.83. The molecule has 1 fully saturated rings. The van der Waals surface area contributed by atoms with Gasteiger partial charge in [0.2, 0.25) is 5.91 Å². The summed E-state index contributed by atoms with van der Waals surface area (Å²) in [5.41, 5.74) is -0.762. The SMILES string of the molecule is CCC1(c2ccc(F)cc2)NC(=O)N(CC(=O)N(CCC(C)C)CCC(C)C)C1=O. The van der Waals surface area contributed by atoms with Gasteiger partial charge in [-0.05, 0) is 48.8 Å². The highest BCUT2D eigenvalue weighted by Crippen LogP contribution is 2.32. The lowest BCUT2D eigenvalue weighted by atomic mass is 9.87. The standard InChI is InChI=1S/C23H34FN3O3/c1-6-23(18-7-9-19(24)10-8-18)21(29)27(22(30)25-23)15-20(28)26(13-11-16(2)3)14-12-17(4)5/h7-10,16-17H,6,11-15H2,1-5H3,(H,25,30). The van der Waals surface area contributed by atoms with Crippen LogP contribution in [0.1, 0.15) is 59.4 Å². The van der Waals surface area contributed by atoms with Crippen molar-refractivity contribution in [3.05, 3.63) is 35.6 Å². The third-order valence-corrected chi connectivity index (χ3v) is 5.64. The van der Waals surface area contributed by atoms with E-state index in [9.17, 15) is 18.8 Å². The molecule has 1 aliphatic rings. The number of hydrogen-bond acceptors (Lipinski definition) is 3. The molecule has 0 aliphatic carbocycles. The average molecular weight is 420 g/mol. The van der Waals surface area contributed by atoms with Gasteiger partial charge in [-0.1, -0.05) is 46.8 Å². The minimum atomic E-state index is -1.27. The number of hydrogen-bond donors (Lipinski definition) is 1. The molecule has 1 atom stereocenters. The van der Waals surface area contributed by atoms with E-state index in [4.69, 9.17) is 0 Å². The fourth-order valence-corrected chi connectivity index (χ4v) is 3.57. The highest BCUT2D eigenvalue weighted by molar-refractivity contribution is 6.09. The van der Waals surface area contributed by atoms with E-state index in [1.165, 1.54) is 24.3 Å². The van der Waals surface area contributed by atoms with Gasteiger partial charge in [0.05, 0.1) is 0 Å². The van der Waals surface area contributed by atoms with Crippen LogP contribution >= 0.6 is 0 Å². The summed E-state index contributed by atoms with van der Waals surface area (Å²) in [6.07, 6.45) is 2.02. The number of amides is 4. The maximum atomic E-state index is 13.3. The molecule has 1 heterocycles. The van der Waals surface area contributed by atoms with Crippen molar-refractivity contribution < 1.29 is 18.8 Å². The molecule has 4 amide bonds. The third kappa shape index (κ3) is 5.37. The van der Waals surface area contributed by atoms with Crippen LogP contribution in [0.2, 0.25) is 0 Å². The molecule has 0 spiro atoms. The number of urea groups is 1. The summed E-state index contributed by atoms with van der Waals surface area (Å²) in [6, 6.07) is 4.94. The topological polar surface area (TPSA) is 69.7 Å². The number of rotatable bonds is 10. The van der Waals surface area contributed by atoms with E-state index >= 15 is 0 Å². The second-order valence-electron chi connectivity index (χ2n) is 8.83. The Hall–Kier alpha value is -2.44. The third-order valence-electron chi connectivity index (χ3n) is 5.64. The Kier molecular flexibility index (Phi) is 7.98. The van der Waals surface area contributed by atoms with Gasteiger partial charge in [-0.15, -0.1) is 0 Å². The molecule has 1 unspecified atom stereocenters. The molecule has 1 saturated heterocycles. The number of nitrogens with one attached hydrogen (secondary N) is 1. The Morgan fingerprint density at radius 1 is 1.07 bits per heavy atom. The van der Waals surface area contributed by atoms with Crippen LogP contribution in [-0.4, -0.2) is 47.3 Å². The first-order valence-corrected chi connectivity index (χ1v) is 10.8. The van der Waals surface area contributed by atoms with E-state index in [0.29, 0.717) is 36.9 Å². The molecule has 0 bridgehead atoms. The molecule has 1 aliphatic heterocycles. The Labute approximate surface area is 178 Å². The maximum absolute atomic E-state index is 13.3. The van der Waals surface area contributed by atoms with Crippen molar-refractivity contribution in [2.24, 2.45) is 11.8 Å². The summed E-state index contributed by atoms with van der Waals surface area (Å²) in [5.74, 6) is -0.224. The molecular weight excluding hydrogens is 385 g/mol. The fraction of sp³-hybridized carbons (Fsp3) is 0.609. The quantitative estimate of drug-likeness (QED) is 0.585. The highest BCUT2D eigenvalue weighted by Gasteiger charge is 2.51. The smallest absolute Gasteiger partial charge is 0.325 e. The van der Waals surface area contributed by atoms with Crippen LogP contribution in [0.4, 0.5) is 9.18 Å². The van der Waals surface area contributed by atoms with E-state index < -0.39 is 23.3 Å². The van der Waals surface area contributed by atoms with Gasteiger partial charge >= 0.3 is 6.03 Å². The zero-order chi connectivity index (χ0) is 22.5. The molecule has 30 heavy (non-hydrogen) atoms. The molecule has 0 aromatic heterocycles. The summed E-state index contributed by atoms with van der Waals surface area (Å²) < 4.78 is 13.3. The Bertz CT molecular complexity index is 751. The van der Waals surface area contributed by atoms with Crippen molar-refractivity contribution in [3.8, 4) is 0 Å². The van der Waals surface area contributed by atoms with Crippen LogP contribution in [0, 0.1) is 17.7 Å². The predicted octanol–water partition coefficient (Wildman–Crippen LogP) is 3.90. The van der Waals surface area contributed by atoms with Crippen LogP contribution < -0.4 is 5.32 Å². The van der Waals surface area contributed by atoms with Gasteiger partial charge < -0.3 is 10.2 Å². The van der Waals surface area contributed by atoms with Gasteiger partial charge in [-0.25, -0.2) is 9.18 Å². The van der Waals surface area contributed by atoms with Gasteiger partial charge in [0.25, 0.3) is 5.91 Å². The molecule has 0 radical (unpaired) electrons. The molecule has 6 nitrogen and oxygen atoms in total. The summed E-state index contributed by atoms with van der Waals surface area (Å²) in [4.78, 5) is 41.6. The van der Waals surface area contributed by atoms with Crippen molar-refractivity contribution in [3.63, 3.8) is 0 Å². The van der Waals surface area contributed by atoms with Crippen LogP contribution in [0.25, 0.3) is 0 Å². The van der Waals surface area contributed by atoms with Gasteiger partial charge in [0.15, 0.2) is 0 Å². The number of carbonyl (C=O) groups excluding carboxylic acids is 3. The molecular formula is C23H34FN3O3. The molecule has 1 aromatic carbocycles. The predicted molar refractivity (Wildman–Crippen MR) is 114 cm³/mol. The van der Waals surface area contributed by atoms with Crippen molar-refractivity contribution in [2.45, 2.75) is 59.4 Å². The lowest BCUT2D eigenvalue weighted by Crippen LogP contribution is -2.46. The first kappa shape index (κ1) is 23.8. The number of imide groups is 1. The van der Waals surface area contributed by atoms with Gasteiger partial charge in [0.1, 0.15) is 17.9 Å². The Balaban J connectivity index is 2.19. The van der Waals surface area contributed by atoms with E-state index in [1.807, 2.05) is 0 Å². The fourth-order valence-electron chi connectivity index (χ4n) is 3.57. The van der Waals surface area contributed by atoms with Crippen LogP contribution in [0.15, 0.2) is 24.3 Å². The average Bonchev–Trinajstić information content (AvgIpc) is 2.93. The summed E-state index contributed by atoms with van der Waals surface area (Å²) in [6.45, 7) is 11.1. The molecule has 1 aromatic rings. The Morgan fingerprint density at radius 2 is 1.60 bits per heavy atom. The zero-order valence-electron chi connectivity index (χ0n) is 18.7. The number of halogens is 1. The van der Waals surface area contributed by atoms with E-state index in [0.717, 1.165) is 17.7 Å². The number of carbonyl (C=O) groups is 3. The van der Waals surface area contributed by atoms with Crippen LogP contribution in [0.3, 0.4) is 0 Å². The second kappa shape index (κ2) is 10.0. The summed E-state index contributed by atoms with van der Waals surface area (Å²) in [7, 11) is 0. The number of nitrogens with zero attached hydrogens (tertiary/aromatic N) is 2.